The lowest BCUT2D eigenvalue weighted by atomic mass is 9.96. The molecule has 46 heavy (non-hydrogen) atoms. The molecule has 0 aliphatic rings. The predicted molar refractivity (Wildman–Crippen MR) is 194 cm³/mol. The van der Waals surface area contributed by atoms with Gasteiger partial charge in [-0.05, 0) is 80.9 Å². The normalized spacial score (nSPS) is 11.5. The van der Waals surface area contributed by atoms with Crippen LogP contribution in [-0.4, -0.2) is 0 Å². The van der Waals surface area contributed by atoms with Crippen LogP contribution >= 0.6 is 0 Å². The Balaban J connectivity index is 1.25. The van der Waals surface area contributed by atoms with Crippen LogP contribution in [0.15, 0.2) is 180 Å². The number of benzene rings is 8. The maximum Gasteiger partial charge on any atom is 0.137 e. The van der Waals surface area contributed by atoms with E-state index in [1.807, 2.05) is 0 Å². The fraction of sp³-hybridized carbons (Fsp3) is 0. The Morgan fingerprint density at radius 2 is 0.935 bits per heavy atom. The first-order chi connectivity index (χ1) is 22.8. The van der Waals surface area contributed by atoms with Gasteiger partial charge in [-0.15, -0.1) is 0 Å². The Bertz CT molecular complexity index is 2510. The molecule has 0 atom stereocenters. The van der Waals surface area contributed by atoms with E-state index in [1.165, 1.54) is 43.8 Å². The van der Waals surface area contributed by atoms with Crippen LogP contribution in [0.5, 0.6) is 0 Å². The van der Waals surface area contributed by atoms with Gasteiger partial charge in [0, 0.05) is 33.6 Å². The third kappa shape index (κ3) is 4.43. The lowest BCUT2D eigenvalue weighted by molar-refractivity contribution is 0.669. The highest BCUT2D eigenvalue weighted by Crippen LogP contribution is 2.44. The third-order valence-electron chi connectivity index (χ3n) is 9.04. The molecule has 9 rings (SSSR count). The summed E-state index contributed by atoms with van der Waals surface area (Å²) in [7, 11) is 0. The van der Waals surface area contributed by atoms with Gasteiger partial charge in [0.1, 0.15) is 11.2 Å². The maximum atomic E-state index is 6.54. The largest absolute Gasteiger partial charge is 0.456 e. The molecule has 216 valence electrons. The topological polar surface area (TPSA) is 16.4 Å². The molecule has 0 aliphatic carbocycles. The Morgan fingerprint density at radius 3 is 1.70 bits per heavy atom. The molecular formula is C44H29NO. The van der Waals surface area contributed by atoms with Gasteiger partial charge in [-0.3, -0.25) is 0 Å². The zero-order chi connectivity index (χ0) is 30.5. The SMILES string of the molecule is c1ccc(-c2ccc(N(c3ccc4c(c3)oc3cc5ccccc5cc34)c3ccc(-c4ccccc4)c4ccccc34)cc2)cc1. The number of fused-ring (bicyclic) bond motifs is 5. The van der Waals surface area contributed by atoms with Crippen LogP contribution in [0.25, 0.3) is 65.7 Å². The predicted octanol–water partition coefficient (Wildman–Crippen LogP) is 12.7. The number of furan rings is 1. The second kappa shape index (κ2) is 10.8. The van der Waals surface area contributed by atoms with Gasteiger partial charge in [-0.25, -0.2) is 0 Å². The minimum atomic E-state index is 0.874. The summed E-state index contributed by atoms with van der Waals surface area (Å²) < 4.78 is 6.54. The van der Waals surface area contributed by atoms with Gasteiger partial charge in [0.25, 0.3) is 0 Å². The van der Waals surface area contributed by atoms with E-state index in [2.05, 4.69) is 181 Å². The van der Waals surface area contributed by atoms with Crippen LogP contribution in [0.1, 0.15) is 0 Å². The molecule has 0 spiro atoms. The van der Waals surface area contributed by atoms with Crippen LogP contribution in [0.2, 0.25) is 0 Å². The number of anilines is 3. The molecule has 2 nitrogen and oxygen atoms in total. The standard InChI is InChI=1S/C44H29NO/c1-3-11-30(12-4-1)31-19-21-35(22-20-31)45(42-26-25-37(32-13-5-2-6-14-32)38-17-9-10-18-39(38)42)36-23-24-40-41-27-33-15-7-8-16-34(33)28-43(41)46-44(40)29-36/h1-29H. The van der Waals surface area contributed by atoms with Crippen LogP contribution in [0.3, 0.4) is 0 Å². The lowest BCUT2D eigenvalue weighted by Crippen LogP contribution is -2.10. The molecule has 2 heteroatoms. The molecular weight excluding hydrogens is 558 g/mol. The van der Waals surface area contributed by atoms with Gasteiger partial charge >= 0.3 is 0 Å². The van der Waals surface area contributed by atoms with Gasteiger partial charge in [0.15, 0.2) is 0 Å². The van der Waals surface area contributed by atoms with Gasteiger partial charge in [-0.2, -0.15) is 0 Å². The first-order valence-electron chi connectivity index (χ1n) is 15.7. The summed E-state index contributed by atoms with van der Waals surface area (Å²) in [5.41, 5.74) is 9.84. The fourth-order valence-electron chi connectivity index (χ4n) is 6.80. The smallest absolute Gasteiger partial charge is 0.137 e. The molecule has 0 amide bonds. The molecule has 0 radical (unpaired) electrons. The zero-order valence-corrected chi connectivity index (χ0v) is 25.1. The summed E-state index contributed by atoms with van der Waals surface area (Å²) in [6.45, 7) is 0. The Labute approximate surface area is 267 Å². The van der Waals surface area contributed by atoms with Gasteiger partial charge < -0.3 is 9.32 Å². The van der Waals surface area contributed by atoms with Gasteiger partial charge in [0.2, 0.25) is 0 Å². The van der Waals surface area contributed by atoms with Crippen molar-refractivity contribution in [3.63, 3.8) is 0 Å². The molecule has 0 N–H and O–H groups in total. The Morgan fingerprint density at radius 1 is 0.348 bits per heavy atom. The third-order valence-corrected chi connectivity index (χ3v) is 9.04. The fourth-order valence-corrected chi connectivity index (χ4v) is 6.80. The molecule has 0 aliphatic heterocycles. The summed E-state index contributed by atoms with van der Waals surface area (Å²) in [5, 5.41) is 7.05. The van der Waals surface area contributed by atoms with Crippen molar-refractivity contribution in [3.8, 4) is 22.3 Å². The Kier molecular flexibility index (Phi) is 6.17. The van der Waals surface area contributed by atoms with Crippen LogP contribution in [-0.2, 0) is 0 Å². The molecule has 0 fully saturated rings. The first kappa shape index (κ1) is 26.3. The monoisotopic (exact) mass is 587 g/mol. The average Bonchev–Trinajstić information content (AvgIpc) is 3.48. The highest BCUT2D eigenvalue weighted by atomic mass is 16.3. The van der Waals surface area contributed by atoms with Crippen molar-refractivity contribution in [3.05, 3.63) is 176 Å². The van der Waals surface area contributed by atoms with E-state index in [9.17, 15) is 0 Å². The van der Waals surface area contributed by atoms with E-state index in [4.69, 9.17) is 4.42 Å². The minimum Gasteiger partial charge on any atom is -0.456 e. The van der Waals surface area contributed by atoms with Crippen molar-refractivity contribution in [2.24, 2.45) is 0 Å². The second-order valence-corrected chi connectivity index (χ2v) is 11.8. The second-order valence-electron chi connectivity index (χ2n) is 11.8. The highest BCUT2D eigenvalue weighted by molar-refractivity contribution is 6.11. The van der Waals surface area contributed by atoms with Crippen LogP contribution < -0.4 is 4.90 Å². The number of rotatable bonds is 5. The van der Waals surface area contributed by atoms with Crippen LogP contribution in [0.4, 0.5) is 17.1 Å². The van der Waals surface area contributed by atoms with Crippen molar-refractivity contribution in [1.82, 2.24) is 0 Å². The van der Waals surface area contributed by atoms with Gasteiger partial charge in [0.05, 0.1) is 5.69 Å². The lowest BCUT2D eigenvalue weighted by Gasteiger charge is -2.27. The summed E-state index contributed by atoms with van der Waals surface area (Å²) in [5.74, 6) is 0. The molecule has 0 unspecified atom stereocenters. The summed E-state index contributed by atoms with van der Waals surface area (Å²) >= 11 is 0. The van der Waals surface area contributed by atoms with Crippen molar-refractivity contribution in [2.45, 2.75) is 0 Å². The summed E-state index contributed by atoms with van der Waals surface area (Å²) in [4.78, 5) is 2.36. The van der Waals surface area contributed by atoms with Gasteiger partial charge in [-0.1, -0.05) is 127 Å². The van der Waals surface area contributed by atoms with E-state index >= 15 is 0 Å². The highest BCUT2D eigenvalue weighted by Gasteiger charge is 2.19. The first-order valence-corrected chi connectivity index (χ1v) is 15.7. The number of hydrogen-bond donors (Lipinski definition) is 0. The molecule has 0 saturated heterocycles. The number of hydrogen-bond acceptors (Lipinski definition) is 2. The molecule has 1 heterocycles. The molecule has 0 saturated carbocycles. The average molecular weight is 588 g/mol. The van der Waals surface area contributed by atoms with Crippen molar-refractivity contribution in [2.75, 3.05) is 4.90 Å². The van der Waals surface area contributed by atoms with E-state index in [-0.39, 0.29) is 0 Å². The molecule has 8 aromatic carbocycles. The van der Waals surface area contributed by atoms with Crippen LogP contribution in [0, 0.1) is 0 Å². The molecule has 9 aromatic rings. The molecule has 1 aromatic heterocycles. The van der Waals surface area contributed by atoms with E-state index in [0.29, 0.717) is 0 Å². The van der Waals surface area contributed by atoms with Crippen molar-refractivity contribution in [1.29, 1.82) is 0 Å². The quantitative estimate of drug-likeness (QED) is 0.199. The summed E-state index contributed by atoms with van der Waals surface area (Å²) in [6, 6.07) is 62.7. The Hall–Kier alpha value is -6.12. The van der Waals surface area contributed by atoms with Crippen molar-refractivity contribution >= 4 is 60.5 Å². The van der Waals surface area contributed by atoms with Crippen molar-refractivity contribution < 1.29 is 4.42 Å². The minimum absolute atomic E-state index is 0.874. The zero-order valence-electron chi connectivity index (χ0n) is 25.1. The summed E-state index contributed by atoms with van der Waals surface area (Å²) in [6.07, 6.45) is 0. The molecule has 0 bridgehead atoms. The maximum absolute atomic E-state index is 6.54. The van der Waals surface area contributed by atoms with E-state index in [0.717, 1.165) is 39.0 Å². The van der Waals surface area contributed by atoms with E-state index in [1.54, 1.807) is 0 Å². The van der Waals surface area contributed by atoms with E-state index < -0.39 is 0 Å². The number of nitrogens with zero attached hydrogens (tertiary/aromatic N) is 1.